The number of hydrogen-bond acceptors (Lipinski definition) is 6. The summed E-state index contributed by atoms with van der Waals surface area (Å²) < 4.78 is 6.15. The Kier molecular flexibility index (Phi) is 4.82. The maximum Gasteiger partial charge on any atom is 0.328 e. The summed E-state index contributed by atoms with van der Waals surface area (Å²) in [5.41, 5.74) is 1.05. The summed E-state index contributed by atoms with van der Waals surface area (Å²) in [7, 11) is 1.29. The SMILES string of the molecule is COC(=O)[C@@H](NC(=O)c1cccc(-n2cnnn2)c1)C(C)C. The number of rotatable bonds is 5. The van der Waals surface area contributed by atoms with Crippen LogP contribution < -0.4 is 5.32 Å². The van der Waals surface area contributed by atoms with Crippen molar-refractivity contribution in [2.45, 2.75) is 19.9 Å². The summed E-state index contributed by atoms with van der Waals surface area (Å²) in [6.07, 6.45) is 1.43. The zero-order valence-electron chi connectivity index (χ0n) is 12.6. The van der Waals surface area contributed by atoms with Gasteiger partial charge in [0.05, 0.1) is 12.8 Å². The van der Waals surface area contributed by atoms with Gasteiger partial charge >= 0.3 is 5.97 Å². The van der Waals surface area contributed by atoms with Crippen LogP contribution in [0.25, 0.3) is 5.69 Å². The summed E-state index contributed by atoms with van der Waals surface area (Å²) in [6.45, 7) is 3.67. The van der Waals surface area contributed by atoms with Gasteiger partial charge < -0.3 is 10.1 Å². The Bertz CT molecular complexity index is 654. The van der Waals surface area contributed by atoms with Crippen molar-refractivity contribution in [3.8, 4) is 5.69 Å². The number of hydrogen-bond donors (Lipinski definition) is 1. The summed E-state index contributed by atoms with van der Waals surface area (Å²) in [5.74, 6) is -0.918. The molecule has 8 heteroatoms. The molecule has 0 aliphatic heterocycles. The summed E-state index contributed by atoms with van der Waals surface area (Å²) in [6, 6.07) is 6.08. The molecular formula is C14H17N5O3. The van der Waals surface area contributed by atoms with E-state index in [9.17, 15) is 9.59 Å². The predicted molar refractivity (Wildman–Crippen MR) is 77.3 cm³/mol. The van der Waals surface area contributed by atoms with Crippen LogP contribution >= 0.6 is 0 Å². The van der Waals surface area contributed by atoms with E-state index in [-0.39, 0.29) is 11.8 Å². The molecule has 0 radical (unpaired) electrons. The van der Waals surface area contributed by atoms with Gasteiger partial charge in [0.1, 0.15) is 12.4 Å². The van der Waals surface area contributed by atoms with Gasteiger partial charge in [-0.1, -0.05) is 19.9 Å². The second kappa shape index (κ2) is 6.79. The van der Waals surface area contributed by atoms with Crippen molar-refractivity contribution in [2.24, 2.45) is 5.92 Å². The first kappa shape index (κ1) is 15.6. The minimum Gasteiger partial charge on any atom is -0.467 e. The molecule has 0 saturated carbocycles. The van der Waals surface area contributed by atoms with Gasteiger partial charge in [-0.15, -0.1) is 5.10 Å². The van der Waals surface area contributed by atoms with Gasteiger partial charge in [0.15, 0.2) is 0 Å². The molecule has 22 heavy (non-hydrogen) atoms. The molecule has 0 bridgehead atoms. The molecule has 1 amide bonds. The average molecular weight is 303 g/mol. The number of benzene rings is 1. The number of tetrazole rings is 1. The van der Waals surface area contributed by atoms with Crippen molar-refractivity contribution >= 4 is 11.9 Å². The van der Waals surface area contributed by atoms with Crippen molar-refractivity contribution in [3.63, 3.8) is 0 Å². The predicted octanol–water partition coefficient (Wildman–Crippen LogP) is 0.590. The topological polar surface area (TPSA) is 99.0 Å². The van der Waals surface area contributed by atoms with E-state index in [4.69, 9.17) is 4.74 Å². The summed E-state index contributed by atoms with van der Waals surface area (Å²) in [4.78, 5) is 24.0. The molecule has 0 unspecified atom stereocenters. The van der Waals surface area contributed by atoms with Crippen molar-refractivity contribution in [2.75, 3.05) is 7.11 Å². The number of aromatic nitrogens is 4. The van der Waals surface area contributed by atoms with Crippen LogP contribution in [-0.2, 0) is 9.53 Å². The monoisotopic (exact) mass is 303 g/mol. The van der Waals surface area contributed by atoms with Crippen LogP contribution in [0.15, 0.2) is 30.6 Å². The van der Waals surface area contributed by atoms with Gasteiger partial charge in [-0.25, -0.2) is 9.48 Å². The number of nitrogens with one attached hydrogen (secondary N) is 1. The van der Waals surface area contributed by atoms with Crippen molar-refractivity contribution in [3.05, 3.63) is 36.2 Å². The van der Waals surface area contributed by atoms with E-state index in [1.54, 1.807) is 24.3 Å². The highest BCUT2D eigenvalue weighted by molar-refractivity contribution is 5.97. The number of carbonyl (C=O) groups is 2. The molecule has 8 nitrogen and oxygen atoms in total. The summed E-state index contributed by atoms with van der Waals surface area (Å²) in [5, 5.41) is 13.5. The smallest absolute Gasteiger partial charge is 0.328 e. The number of nitrogens with zero attached hydrogens (tertiary/aromatic N) is 4. The minimum atomic E-state index is -0.700. The van der Waals surface area contributed by atoms with E-state index in [1.165, 1.54) is 18.1 Å². The van der Waals surface area contributed by atoms with E-state index < -0.39 is 12.0 Å². The fourth-order valence-corrected chi connectivity index (χ4v) is 1.92. The van der Waals surface area contributed by atoms with Crippen LogP contribution in [0, 0.1) is 5.92 Å². The third-order valence-electron chi connectivity index (χ3n) is 3.13. The standard InChI is InChI=1S/C14H17N5O3/c1-9(2)12(14(21)22-3)16-13(20)10-5-4-6-11(7-10)19-8-15-17-18-19/h4-9,12H,1-3H3,(H,16,20)/t12-/m0/s1. The van der Waals surface area contributed by atoms with Crippen molar-refractivity contribution < 1.29 is 14.3 Å². The number of amides is 1. The third kappa shape index (κ3) is 3.46. The second-order valence-corrected chi connectivity index (χ2v) is 5.02. The molecule has 1 heterocycles. The second-order valence-electron chi connectivity index (χ2n) is 5.02. The van der Waals surface area contributed by atoms with Crippen LogP contribution in [-0.4, -0.2) is 45.2 Å². The van der Waals surface area contributed by atoms with Crippen LogP contribution in [0.3, 0.4) is 0 Å². The highest BCUT2D eigenvalue weighted by Gasteiger charge is 2.25. The Balaban J connectivity index is 2.19. The lowest BCUT2D eigenvalue weighted by molar-refractivity contribution is -0.144. The van der Waals surface area contributed by atoms with Crippen LogP contribution in [0.2, 0.25) is 0 Å². The van der Waals surface area contributed by atoms with Gasteiger partial charge in [-0.05, 0) is 34.5 Å². The lowest BCUT2D eigenvalue weighted by Gasteiger charge is -2.19. The van der Waals surface area contributed by atoms with Crippen molar-refractivity contribution in [1.29, 1.82) is 0 Å². The maximum absolute atomic E-state index is 12.3. The van der Waals surface area contributed by atoms with Crippen LogP contribution in [0.4, 0.5) is 0 Å². The Morgan fingerprint density at radius 1 is 1.32 bits per heavy atom. The first-order valence-corrected chi connectivity index (χ1v) is 6.75. The first-order valence-electron chi connectivity index (χ1n) is 6.75. The molecule has 2 aromatic rings. The van der Waals surface area contributed by atoms with E-state index in [2.05, 4.69) is 20.8 Å². The molecule has 1 N–H and O–H groups in total. The Labute approximate surface area is 127 Å². The first-order chi connectivity index (χ1) is 10.5. The van der Waals surface area contributed by atoms with Crippen LogP contribution in [0.1, 0.15) is 24.2 Å². The lowest BCUT2D eigenvalue weighted by Crippen LogP contribution is -2.45. The fourth-order valence-electron chi connectivity index (χ4n) is 1.92. The van der Waals surface area contributed by atoms with Gasteiger partial charge in [-0.3, -0.25) is 4.79 Å². The zero-order chi connectivity index (χ0) is 16.1. The Morgan fingerprint density at radius 3 is 2.68 bits per heavy atom. The Hall–Kier alpha value is -2.77. The maximum atomic E-state index is 12.3. The Morgan fingerprint density at radius 2 is 2.09 bits per heavy atom. The molecule has 0 spiro atoms. The molecule has 1 aromatic carbocycles. The minimum absolute atomic E-state index is 0.0842. The highest BCUT2D eigenvalue weighted by atomic mass is 16.5. The van der Waals surface area contributed by atoms with Crippen molar-refractivity contribution in [1.82, 2.24) is 25.5 Å². The zero-order valence-corrected chi connectivity index (χ0v) is 12.6. The molecule has 0 aliphatic rings. The largest absolute Gasteiger partial charge is 0.467 e. The summed E-state index contributed by atoms with van der Waals surface area (Å²) >= 11 is 0. The molecule has 2 rings (SSSR count). The number of esters is 1. The quantitative estimate of drug-likeness (QED) is 0.812. The molecule has 0 aliphatic carbocycles. The molecule has 116 valence electrons. The van der Waals surface area contributed by atoms with E-state index in [0.717, 1.165) is 0 Å². The van der Waals surface area contributed by atoms with E-state index >= 15 is 0 Å². The fraction of sp³-hybridized carbons (Fsp3) is 0.357. The number of methoxy groups -OCH3 is 1. The van der Waals surface area contributed by atoms with Crippen LogP contribution in [0.5, 0.6) is 0 Å². The average Bonchev–Trinajstić information content (AvgIpc) is 3.06. The molecular weight excluding hydrogens is 286 g/mol. The van der Waals surface area contributed by atoms with Gasteiger partial charge in [0.2, 0.25) is 0 Å². The van der Waals surface area contributed by atoms with Gasteiger partial charge in [0, 0.05) is 5.56 Å². The lowest BCUT2D eigenvalue weighted by atomic mass is 10.0. The third-order valence-corrected chi connectivity index (χ3v) is 3.13. The van der Waals surface area contributed by atoms with Gasteiger partial charge in [-0.2, -0.15) is 0 Å². The van der Waals surface area contributed by atoms with E-state index in [1.807, 2.05) is 13.8 Å². The molecule has 0 saturated heterocycles. The molecule has 1 aromatic heterocycles. The highest BCUT2D eigenvalue weighted by Crippen LogP contribution is 2.10. The number of carbonyl (C=O) groups excluding carboxylic acids is 2. The molecule has 1 atom stereocenters. The van der Waals surface area contributed by atoms with E-state index in [0.29, 0.717) is 11.3 Å². The molecule has 0 fully saturated rings. The number of ether oxygens (including phenoxy) is 1. The van der Waals surface area contributed by atoms with Gasteiger partial charge in [0.25, 0.3) is 5.91 Å². The normalized spacial score (nSPS) is 12.0.